The largest absolute Gasteiger partial charge is 0.462 e. The van der Waals surface area contributed by atoms with Crippen LogP contribution in [-0.2, 0) is 38.0 Å². The minimum Gasteiger partial charge on any atom is -0.462 e. The third-order valence-electron chi connectivity index (χ3n) is 11.1. The lowest BCUT2D eigenvalue weighted by Gasteiger charge is -2.42. The molecule has 0 aromatic heterocycles. The van der Waals surface area contributed by atoms with Gasteiger partial charge >= 0.3 is 11.9 Å². The SMILES string of the molecule is CC/C=C/C/C=C/C/C=C/CCCCCCCC(=O)O[C@H](COC(=O)CCCCCCCCCCCCC)CO[C@@H]1O[C@H](CO[C@@H]2O[C@H](CO)[C@H](O)C(O)C2O)[C@H](O)C(O)C1O. The zero-order valence-electron chi connectivity index (χ0n) is 37.6. The van der Waals surface area contributed by atoms with Crippen LogP contribution in [0.1, 0.15) is 155 Å². The average molecular weight is 887 g/mol. The summed E-state index contributed by atoms with van der Waals surface area (Å²) in [4.78, 5) is 25.6. The van der Waals surface area contributed by atoms with Gasteiger partial charge in [-0.05, 0) is 44.9 Å². The van der Waals surface area contributed by atoms with Crippen LogP contribution in [0.2, 0.25) is 0 Å². The molecule has 11 atom stereocenters. The van der Waals surface area contributed by atoms with Crippen molar-refractivity contribution in [2.75, 3.05) is 26.4 Å². The molecule has 0 aromatic carbocycles. The Labute approximate surface area is 370 Å². The van der Waals surface area contributed by atoms with Crippen LogP contribution in [0.5, 0.6) is 0 Å². The Morgan fingerprint density at radius 1 is 0.532 bits per heavy atom. The number of esters is 2. The minimum absolute atomic E-state index is 0.147. The van der Waals surface area contributed by atoms with Gasteiger partial charge in [-0.15, -0.1) is 0 Å². The summed E-state index contributed by atoms with van der Waals surface area (Å²) in [5.41, 5.74) is 0. The summed E-state index contributed by atoms with van der Waals surface area (Å²) in [5.74, 6) is -0.946. The Balaban J connectivity index is 1.85. The van der Waals surface area contributed by atoms with Gasteiger partial charge in [-0.3, -0.25) is 9.59 Å². The number of ether oxygens (including phenoxy) is 6. The molecule has 0 aromatic rings. The zero-order chi connectivity index (χ0) is 45.4. The van der Waals surface area contributed by atoms with Gasteiger partial charge in [0.15, 0.2) is 18.7 Å². The van der Waals surface area contributed by atoms with E-state index < -0.39 is 92.7 Å². The first-order valence-corrected chi connectivity index (χ1v) is 23.6. The normalized spacial score (nSPS) is 27.4. The molecular weight excluding hydrogens is 805 g/mol. The lowest BCUT2D eigenvalue weighted by Crippen LogP contribution is -2.61. The molecule has 2 aliphatic rings. The molecule has 2 aliphatic heterocycles. The monoisotopic (exact) mass is 887 g/mol. The molecule has 15 nitrogen and oxygen atoms in total. The van der Waals surface area contributed by atoms with Crippen molar-refractivity contribution in [1.82, 2.24) is 0 Å². The quantitative estimate of drug-likeness (QED) is 0.0241. The Hall–Kier alpha value is -2.28. The molecule has 2 heterocycles. The number of aliphatic hydroxyl groups is 7. The molecule has 0 spiro atoms. The van der Waals surface area contributed by atoms with E-state index >= 15 is 0 Å². The predicted molar refractivity (Wildman–Crippen MR) is 234 cm³/mol. The van der Waals surface area contributed by atoms with Gasteiger partial charge in [0.05, 0.1) is 19.8 Å². The van der Waals surface area contributed by atoms with Crippen LogP contribution in [0.15, 0.2) is 36.5 Å². The summed E-state index contributed by atoms with van der Waals surface area (Å²) in [6.45, 7) is 2.43. The molecule has 2 saturated heterocycles. The number of carbonyl (C=O) groups is 2. The highest BCUT2D eigenvalue weighted by Gasteiger charge is 2.47. The Morgan fingerprint density at radius 2 is 1.02 bits per heavy atom. The highest BCUT2D eigenvalue weighted by atomic mass is 16.7. The van der Waals surface area contributed by atoms with Crippen molar-refractivity contribution < 1.29 is 73.8 Å². The summed E-state index contributed by atoms with van der Waals surface area (Å²) >= 11 is 0. The highest BCUT2D eigenvalue weighted by Crippen LogP contribution is 2.26. The van der Waals surface area contributed by atoms with Crippen LogP contribution in [0, 0.1) is 0 Å². The number of carbonyl (C=O) groups excluding carboxylic acids is 2. The van der Waals surface area contributed by atoms with Gasteiger partial charge in [-0.2, -0.15) is 0 Å². The van der Waals surface area contributed by atoms with E-state index in [1.165, 1.54) is 44.9 Å². The highest BCUT2D eigenvalue weighted by molar-refractivity contribution is 5.70. The zero-order valence-corrected chi connectivity index (χ0v) is 37.6. The van der Waals surface area contributed by atoms with E-state index in [0.717, 1.165) is 70.6 Å². The molecule has 62 heavy (non-hydrogen) atoms. The third kappa shape index (κ3) is 23.6. The van der Waals surface area contributed by atoms with Gasteiger partial charge in [0.1, 0.15) is 55.4 Å². The smallest absolute Gasteiger partial charge is 0.306 e. The average Bonchev–Trinajstić information content (AvgIpc) is 3.26. The molecule has 0 radical (unpaired) electrons. The molecule has 0 aliphatic carbocycles. The van der Waals surface area contributed by atoms with E-state index in [-0.39, 0.29) is 26.1 Å². The van der Waals surface area contributed by atoms with Crippen LogP contribution in [0.3, 0.4) is 0 Å². The van der Waals surface area contributed by atoms with E-state index in [0.29, 0.717) is 12.8 Å². The van der Waals surface area contributed by atoms with Crippen LogP contribution in [0.4, 0.5) is 0 Å². The Morgan fingerprint density at radius 3 is 1.60 bits per heavy atom. The first-order chi connectivity index (χ1) is 30.0. The molecule has 0 bridgehead atoms. The third-order valence-corrected chi connectivity index (χ3v) is 11.1. The van der Waals surface area contributed by atoms with Gasteiger partial charge < -0.3 is 64.2 Å². The van der Waals surface area contributed by atoms with Crippen LogP contribution < -0.4 is 0 Å². The number of unbranched alkanes of at least 4 members (excludes halogenated alkanes) is 15. The van der Waals surface area contributed by atoms with Crippen molar-refractivity contribution in [2.45, 2.75) is 223 Å². The fourth-order valence-corrected chi connectivity index (χ4v) is 7.23. The minimum atomic E-state index is -1.77. The summed E-state index contributed by atoms with van der Waals surface area (Å²) in [6.07, 6.45) is 17.6. The molecule has 0 saturated carbocycles. The van der Waals surface area contributed by atoms with E-state index in [2.05, 4.69) is 50.3 Å². The van der Waals surface area contributed by atoms with Crippen molar-refractivity contribution >= 4 is 11.9 Å². The van der Waals surface area contributed by atoms with Crippen molar-refractivity contribution in [3.8, 4) is 0 Å². The number of hydrogen-bond acceptors (Lipinski definition) is 15. The van der Waals surface area contributed by atoms with E-state index in [9.17, 15) is 45.3 Å². The predicted octanol–water partition coefficient (Wildman–Crippen LogP) is 5.37. The van der Waals surface area contributed by atoms with Crippen LogP contribution >= 0.6 is 0 Å². The fraction of sp³-hybridized carbons (Fsp3) is 0.830. The summed E-state index contributed by atoms with van der Waals surface area (Å²) in [6, 6.07) is 0. The van der Waals surface area contributed by atoms with Gasteiger partial charge in [-0.1, -0.05) is 134 Å². The molecule has 15 heteroatoms. The molecule has 2 fully saturated rings. The van der Waals surface area contributed by atoms with Gasteiger partial charge in [0.25, 0.3) is 0 Å². The first-order valence-electron chi connectivity index (χ1n) is 23.6. The number of rotatable bonds is 35. The summed E-state index contributed by atoms with van der Waals surface area (Å²) < 4.78 is 33.5. The second-order valence-corrected chi connectivity index (χ2v) is 16.6. The van der Waals surface area contributed by atoms with E-state index in [1.54, 1.807) is 0 Å². The molecule has 2 rings (SSSR count). The van der Waals surface area contributed by atoms with E-state index in [1.807, 2.05) is 0 Å². The van der Waals surface area contributed by atoms with Crippen molar-refractivity contribution in [1.29, 1.82) is 0 Å². The maximum absolute atomic E-state index is 12.9. The molecule has 7 N–H and O–H groups in total. The second-order valence-electron chi connectivity index (χ2n) is 16.6. The van der Waals surface area contributed by atoms with E-state index in [4.69, 9.17) is 28.4 Å². The van der Waals surface area contributed by atoms with Gasteiger partial charge in [-0.25, -0.2) is 0 Å². The fourth-order valence-electron chi connectivity index (χ4n) is 7.23. The van der Waals surface area contributed by atoms with Gasteiger partial charge in [0, 0.05) is 12.8 Å². The van der Waals surface area contributed by atoms with Crippen molar-refractivity contribution in [3.63, 3.8) is 0 Å². The van der Waals surface area contributed by atoms with Crippen molar-refractivity contribution in [2.24, 2.45) is 0 Å². The number of aliphatic hydroxyl groups excluding tert-OH is 7. The molecular formula is C47H82O15. The molecule has 0 amide bonds. The van der Waals surface area contributed by atoms with Crippen LogP contribution in [0.25, 0.3) is 0 Å². The standard InChI is InChI=1S/C47H82O15/c1-3-5-7-9-11-13-15-16-17-18-20-22-24-26-28-30-39(50)60-35(32-57-38(49)29-27-25-23-21-19-14-12-10-8-6-4-2)33-58-46-45(56)43(54)41(52)37(62-46)34-59-47-44(55)42(53)40(51)36(31-48)61-47/h5,7,11,13,16-17,35-37,40-48,51-56H,3-4,6,8-10,12,14-15,18-34H2,1-2H3/b7-5+,13-11+,17-16+/t35-,36-,37-,40+,41+,42?,43?,44?,45?,46-,47-/m1/s1. The lowest BCUT2D eigenvalue weighted by molar-refractivity contribution is -0.332. The summed E-state index contributed by atoms with van der Waals surface area (Å²) in [7, 11) is 0. The Bertz CT molecular complexity index is 1230. The molecule has 360 valence electrons. The van der Waals surface area contributed by atoms with Crippen LogP contribution in [-0.4, -0.2) is 142 Å². The Kier molecular flexibility index (Phi) is 31.6. The summed E-state index contributed by atoms with van der Waals surface area (Å²) in [5, 5.41) is 71.9. The lowest BCUT2D eigenvalue weighted by atomic mass is 9.98. The second kappa shape index (κ2) is 35.0. The van der Waals surface area contributed by atoms with Gasteiger partial charge in [0.2, 0.25) is 0 Å². The maximum Gasteiger partial charge on any atom is 0.306 e. The van der Waals surface area contributed by atoms with Crippen molar-refractivity contribution in [3.05, 3.63) is 36.5 Å². The maximum atomic E-state index is 12.9. The topological polar surface area (TPSA) is 231 Å². The number of hydrogen-bond donors (Lipinski definition) is 7. The molecule has 4 unspecified atom stereocenters. The number of allylic oxidation sites excluding steroid dienone is 6. The first kappa shape index (κ1) is 55.9.